The number of urea groups is 1. The maximum atomic E-state index is 13.7. The van der Waals surface area contributed by atoms with Gasteiger partial charge in [0.05, 0.1) is 37.1 Å². The predicted octanol–water partition coefficient (Wildman–Crippen LogP) is 4.69. The van der Waals surface area contributed by atoms with Gasteiger partial charge in [-0.15, -0.1) is 0 Å². The van der Waals surface area contributed by atoms with E-state index >= 15 is 0 Å². The second kappa shape index (κ2) is 10.5. The molecule has 9 nitrogen and oxygen atoms in total. The molecule has 2 aliphatic heterocycles. The first kappa shape index (κ1) is 27.9. The Morgan fingerprint density at radius 2 is 1.83 bits per heavy atom. The van der Waals surface area contributed by atoms with Crippen LogP contribution in [0.25, 0.3) is 22.3 Å². The summed E-state index contributed by atoms with van der Waals surface area (Å²) in [6, 6.07) is 19.8. The van der Waals surface area contributed by atoms with Crippen LogP contribution >= 0.6 is 0 Å². The summed E-state index contributed by atoms with van der Waals surface area (Å²) in [4.78, 5) is 43.7. The van der Waals surface area contributed by atoms with Gasteiger partial charge in [0, 0.05) is 28.4 Å². The molecule has 0 spiro atoms. The van der Waals surface area contributed by atoms with Gasteiger partial charge in [0.1, 0.15) is 6.61 Å². The molecule has 4 aromatic rings. The number of carbonyl (C=O) groups is 2. The molecule has 0 saturated carbocycles. The normalized spacial score (nSPS) is 17.3. The monoisotopic (exact) mass is 582 g/mol. The molecule has 0 fully saturated rings. The second-order valence-corrected chi connectivity index (χ2v) is 17.1. The molecule has 0 unspecified atom stereocenters. The first-order valence-electron chi connectivity index (χ1n) is 14.3. The van der Waals surface area contributed by atoms with Gasteiger partial charge in [0.15, 0.2) is 5.60 Å². The van der Waals surface area contributed by atoms with E-state index in [0.717, 1.165) is 40.2 Å². The van der Waals surface area contributed by atoms with Gasteiger partial charge in [-0.2, -0.15) is 0 Å². The molecule has 4 heterocycles. The minimum Gasteiger partial charge on any atom is -0.458 e. The third-order valence-electron chi connectivity index (χ3n) is 8.52. The van der Waals surface area contributed by atoms with Crippen molar-refractivity contribution in [2.24, 2.45) is 0 Å². The largest absolute Gasteiger partial charge is 0.458 e. The quantitative estimate of drug-likeness (QED) is 0.189. The molecule has 2 amide bonds. The van der Waals surface area contributed by atoms with E-state index in [1.54, 1.807) is 17.6 Å². The van der Waals surface area contributed by atoms with E-state index in [-0.39, 0.29) is 24.6 Å². The van der Waals surface area contributed by atoms with Crippen molar-refractivity contribution < 1.29 is 19.4 Å². The summed E-state index contributed by atoms with van der Waals surface area (Å²) in [7, 11) is -1.88. The molecule has 0 aliphatic carbocycles. The maximum Gasteiger partial charge on any atom is 0.343 e. The average Bonchev–Trinajstić information content (AvgIpc) is 3.35. The van der Waals surface area contributed by atoms with Crippen molar-refractivity contribution in [1.82, 2.24) is 14.9 Å². The number of carbonyl (C=O) groups excluding carboxylic acids is 2. The number of aromatic nitrogens is 2. The van der Waals surface area contributed by atoms with Crippen molar-refractivity contribution in [2.75, 3.05) is 11.5 Å². The number of hydrogen-bond acceptors (Lipinski definition) is 6. The Morgan fingerprint density at radius 3 is 2.60 bits per heavy atom. The number of ether oxygens (including phenoxy) is 1. The second-order valence-electron chi connectivity index (χ2n) is 11.9. The van der Waals surface area contributed by atoms with Gasteiger partial charge in [0.25, 0.3) is 5.56 Å². The fourth-order valence-electron chi connectivity index (χ4n) is 5.97. The number of cyclic esters (lactones) is 1. The molecule has 10 heteroatoms. The van der Waals surface area contributed by atoms with Crippen LogP contribution in [0.4, 0.5) is 10.5 Å². The molecule has 2 aromatic heterocycles. The number of aliphatic hydroxyl groups is 1. The number of fused-ring (bicyclic) bond motifs is 5. The Balaban J connectivity index is 1.31. The standard InChI is InChI=1S/C32H34N4O5Si/c1-4-32(40)25-16-27-28-23(17-36(27)29(37)24(25)18-41-30(32)38)21(22-12-8-9-13-26(22)35-28)14-15-42(2,3)19-33-31(39)34-20-10-6-5-7-11-20/h5-13,16,40H,4,14-15,17-19H2,1-3H3,(H2,33,34,39)/t32-/m0/s1. The summed E-state index contributed by atoms with van der Waals surface area (Å²) in [6.45, 7) is 6.43. The molecular formula is C32H34N4O5Si. The molecule has 42 heavy (non-hydrogen) atoms. The van der Waals surface area contributed by atoms with Crippen LogP contribution in [0.2, 0.25) is 19.1 Å². The van der Waals surface area contributed by atoms with E-state index in [1.807, 2.05) is 48.5 Å². The number of pyridine rings is 2. The molecule has 0 bridgehead atoms. The highest BCUT2D eigenvalue weighted by Crippen LogP contribution is 2.40. The van der Waals surface area contributed by atoms with Crippen LogP contribution in [0, 0.1) is 0 Å². The fourth-order valence-corrected chi connectivity index (χ4v) is 7.71. The zero-order valence-electron chi connectivity index (χ0n) is 24.0. The van der Waals surface area contributed by atoms with Gasteiger partial charge in [0.2, 0.25) is 0 Å². The van der Waals surface area contributed by atoms with Crippen LogP contribution in [0.15, 0.2) is 65.5 Å². The van der Waals surface area contributed by atoms with Gasteiger partial charge in [-0.1, -0.05) is 62.5 Å². The fraction of sp³-hybridized carbons (Fsp3) is 0.312. The van der Waals surface area contributed by atoms with Gasteiger partial charge in [-0.05, 0) is 42.7 Å². The SMILES string of the molecule is CC[C@@]1(O)C(=O)OCc2c1cc1n(c2=O)Cc2c-1nc1ccccc1c2CC[Si](C)(C)CNC(=O)Nc1ccccc1. The van der Waals surface area contributed by atoms with Crippen LogP contribution in [0.3, 0.4) is 0 Å². The van der Waals surface area contributed by atoms with Crippen molar-refractivity contribution in [1.29, 1.82) is 0 Å². The lowest BCUT2D eigenvalue weighted by Crippen LogP contribution is -2.44. The molecule has 1 atom stereocenters. The molecule has 2 aliphatic rings. The zero-order valence-corrected chi connectivity index (χ0v) is 25.0. The molecule has 216 valence electrons. The summed E-state index contributed by atoms with van der Waals surface area (Å²) in [6.07, 6.45) is 1.49. The van der Waals surface area contributed by atoms with Gasteiger partial charge in [-0.3, -0.25) is 4.79 Å². The zero-order chi connectivity index (χ0) is 29.6. The number of nitrogens with zero attached hydrogens (tertiary/aromatic N) is 2. The number of anilines is 1. The van der Waals surface area contributed by atoms with Crippen LogP contribution in [0.5, 0.6) is 0 Å². The van der Waals surface area contributed by atoms with Crippen LogP contribution < -0.4 is 16.2 Å². The van der Waals surface area contributed by atoms with E-state index in [1.165, 1.54) is 0 Å². The number of para-hydroxylation sites is 2. The van der Waals surface area contributed by atoms with E-state index in [9.17, 15) is 19.5 Å². The van der Waals surface area contributed by atoms with E-state index in [4.69, 9.17) is 9.72 Å². The number of aryl methyl sites for hydroxylation is 1. The lowest BCUT2D eigenvalue weighted by atomic mass is 9.86. The van der Waals surface area contributed by atoms with E-state index < -0.39 is 19.6 Å². The third kappa shape index (κ3) is 4.80. The summed E-state index contributed by atoms with van der Waals surface area (Å²) < 4.78 is 6.90. The number of hydrogen-bond donors (Lipinski definition) is 3. The minimum absolute atomic E-state index is 0.0993. The summed E-state index contributed by atoms with van der Waals surface area (Å²) in [5.41, 5.74) is 3.53. The topological polar surface area (TPSA) is 123 Å². The van der Waals surface area contributed by atoms with Gasteiger partial charge in [-0.25, -0.2) is 14.6 Å². The summed E-state index contributed by atoms with van der Waals surface area (Å²) in [5.74, 6) is -0.731. The molecule has 0 radical (unpaired) electrons. The van der Waals surface area contributed by atoms with Crippen LogP contribution in [0.1, 0.15) is 35.6 Å². The van der Waals surface area contributed by atoms with Crippen LogP contribution in [-0.2, 0) is 34.7 Å². The highest BCUT2D eigenvalue weighted by Gasteiger charge is 2.45. The number of rotatable bonds is 7. The average molecular weight is 583 g/mol. The van der Waals surface area contributed by atoms with Crippen molar-refractivity contribution in [2.45, 2.75) is 57.7 Å². The van der Waals surface area contributed by atoms with Crippen LogP contribution in [-0.4, -0.2) is 40.9 Å². The lowest BCUT2D eigenvalue weighted by Gasteiger charge is -2.31. The van der Waals surface area contributed by atoms with Crippen molar-refractivity contribution in [3.63, 3.8) is 0 Å². The van der Waals surface area contributed by atoms with Gasteiger partial charge < -0.3 is 25.0 Å². The smallest absolute Gasteiger partial charge is 0.343 e. The Labute approximate surface area is 244 Å². The van der Waals surface area contributed by atoms with Crippen molar-refractivity contribution >= 4 is 36.7 Å². The number of esters is 1. The summed E-state index contributed by atoms with van der Waals surface area (Å²) >= 11 is 0. The number of amides is 2. The molecule has 2 aromatic carbocycles. The molecule has 6 rings (SSSR count). The molecular weight excluding hydrogens is 548 g/mol. The van der Waals surface area contributed by atoms with E-state index in [2.05, 4.69) is 29.8 Å². The lowest BCUT2D eigenvalue weighted by molar-refractivity contribution is -0.172. The van der Waals surface area contributed by atoms with Crippen molar-refractivity contribution in [3.8, 4) is 11.4 Å². The first-order valence-corrected chi connectivity index (χ1v) is 17.7. The number of benzene rings is 2. The van der Waals surface area contributed by atoms with Gasteiger partial charge >= 0.3 is 12.0 Å². The first-order chi connectivity index (χ1) is 20.1. The molecule has 3 N–H and O–H groups in total. The number of nitrogens with one attached hydrogen (secondary N) is 2. The Morgan fingerprint density at radius 1 is 1.10 bits per heavy atom. The third-order valence-corrected chi connectivity index (χ3v) is 11.3. The molecule has 0 saturated heterocycles. The highest BCUT2D eigenvalue weighted by molar-refractivity contribution is 6.77. The Hall–Kier alpha value is -4.28. The predicted molar refractivity (Wildman–Crippen MR) is 164 cm³/mol. The Kier molecular flexibility index (Phi) is 6.98. The minimum atomic E-state index is -1.88. The van der Waals surface area contributed by atoms with E-state index in [0.29, 0.717) is 35.2 Å². The Bertz CT molecular complexity index is 1790. The maximum absolute atomic E-state index is 13.7. The highest BCUT2D eigenvalue weighted by atomic mass is 28.3. The van der Waals surface area contributed by atoms with Crippen molar-refractivity contribution in [3.05, 3.63) is 93.3 Å². The summed E-state index contributed by atoms with van der Waals surface area (Å²) in [5, 5.41) is 18.2.